The van der Waals surface area contributed by atoms with Crippen LogP contribution >= 0.6 is 0 Å². The first-order valence-electron chi connectivity index (χ1n) is 8.22. The van der Waals surface area contributed by atoms with Gasteiger partial charge in [-0.25, -0.2) is 0 Å². The van der Waals surface area contributed by atoms with Crippen LogP contribution in [0, 0.1) is 5.92 Å². The predicted octanol–water partition coefficient (Wildman–Crippen LogP) is 3.13. The monoisotopic (exact) mass is 269 g/mol. The smallest absolute Gasteiger partial charge is 0.0612 e. The van der Waals surface area contributed by atoms with Crippen molar-refractivity contribution in [1.29, 1.82) is 0 Å². The number of hydrogen-bond donors (Lipinski definition) is 1. The Labute approximate surface area is 118 Å². The average molecular weight is 269 g/mol. The van der Waals surface area contributed by atoms with Crippen molar-refractivity contribution in [3.05, 3.63) is 0 Å². The zero-order valence-electron chi connectivity index (χ0n) is 12.7. The summed E-state index contributed by atoms with van der Waals surface area (Å²) in [5.74, 6) is 0.628. The molecule has 1 heterocycles. The molecule has 2 atom stereocenters. The lowest BCUT2D eigenvalue weighted by molar-refractivity contribution is -0.0268. The third-order valence-corrected chi connectivity index (χ3v) is 4.50. The highest BCUT2D eigenvalue weighted by atomic mass is 16.5. The fourth-order valence-electron chi connectivity index (χ4n) is 3.20. The standard InChI is InChI=1S/C16H31NO2/c1-13(2)16-12-14(8-10-19-16)17-9-11-18-15-6-4-3-5-7-15/h13-17H,3-12H2,1-2H3. The van der Waals surface area contributed by atoms with Gasteiger partial charge in [0, 0.05) is 19.2 Å². The zero-order valence-corrected chi connectivity index (χ0v) is 12.7. The first-order valence-corrected chi connectivity index (χ1v) is 8.22. The van der Waals surface area contributed by atoms with E-state index >= 15 is 0 Å². The summed E-state index contributed by atoms with van der Waals surface area (Å²) >= 11 is 0. The van der Waals surface area contributed by atoms with E-state index in [1.807, 2.05) is 0 Å². The Bertz CT molecular complexity index is 239. The van der Waals surface area contributed by atoms with E-state index in [4.69, 9.17) is 9.47 Å². The van der Waals surface area contributed by atoms with Crippen molar-refractivity contribution in [2.45, 2.75) is 77.0 Å². The molecule has 2 fully saturated rings. The fraction of sp³-hybridized carbons (Fsp3) is 1.00. The van der Waals surface area contributed by atoms with Gasteiger partial charge in [0.05, 0.1) is 18.8 Å². The zero-order chi connectivity index (χ0) is 13.5. The highest BCUT2D eigenvalue weighted by Gasteiger charge is 2.24. The number of hydrogen-bond acceptors (Lipinski definition) is 3. The Kier molecular flexibility index (Phi) is 6.62. The number of ether oxygens (including phenoxy) is 2. The molecule has 1 aliphatic carbocycles. The van der Waals surface area contributed by atoms with Crippen molar-refractivity contribution in [2.75, 3.05) is 19.8 Å². The van der Waals surface area contributed by atoms with Gasteiger partial charge in [0.25, 0.3) is 0 Å². The van der Waals surface area contributed by atoms with Crippen molar-refractivity contribution in [1.82, 2.24) is 5.32 Å². The molecular formula is C16H31NO2. The molecule has 112 valence electrons. The van der Waals surface area contributed by atoms with E-state index < -0.39 is 0 Å². The van der Waals surface area contributed by atoms with E-state index in [9.17, 15) is 0 Å². The van der Waals surface area contributed by atoms with Gasteiger partial charge in [-0.05, 0) is 31.6 Å². The van der Waals surface area contributed by atoms with Crippen LogP contribution in [0.2, 0.25) is 0 Å². The van der Waals surface area contributed by atoms with Gasteiger partial charge in [-0.2, -0.15) is 0 Å². The molecule has 0 bridgehead atoms. The van der Waals surface area contributed by atoms with Gasteiger partial charge >= 0.3 is 0 Å². The third kappa shape index (κ3) is 5.41. The molecule has 2 aliphatic rings. The molecule has 0 aromatic heterocycles. The number of nitrogens with one attached hydrogen (secondary N) is 1. The Hall–Kier alpha value is -0.120. The van der Waals surface area contributed by atoms with E-state index in [0.29, 0.717) is 24.2 Å². The normalized spacial score (nSPS) is 29.8. The molecule has 0 aromatic carbocycles. The van der Waals surface area contributed by atoms with Crippen molar-refractivity contribution in [3.63, 3.8) is 0 Å². The van der Waals surface area contributed by atoms with E-state index in [0.717, 1.165) is 32.6 Å². The Morgan fingerprint density at radius 3 is 2.68 bits per heavy atom. The summed E-state index contributed by atoms with van der Waals surface area (Å²) in [5.41, 5.74) is 0. The van der Waals surface area contributed by atoms with Crippen LogP contribution in [0.25, 0.3) is 0 Å². The molecule has 1 aliphatic heterocycles. The second-order valence-electron chi connectivity index (χ2n) is 6.46. The Morgan fingerprint density at radius 2 is 1.95 bits per heavy atom. The lowest BCUT2D eigenvalue weighted by Crippen LogP contribution is -2.42. The van der Waals surface area contributed by atoms with E-state index in [-0.39, 0.29) is 0 Å². The molecule has 3 heteroatoms. The molecule has 1 N–H and O–H groups in total. The van der Waals surface area contributed by atoms with Crippen molar-refractivity contribution < 1.29 is 9.47 Å². The van der Waals surface area contributed by atoms with Crippen LogP contribution in [0.1, 0.15) is 58.8 Å². The van der Waals surface area contributed by atoms with E-state index in [2.05, 4.69) is 19.2 Å². The van der Waals surface area contributed by atoms with Gasteiger partial charge in [-0.1, -0.05) is 33.1 Å². The lowest BCUT2D eigenvalue weighted by Gasteiger charge is -2.32. The highest BCUT2D eigenvalue weighted by molar-refractivity contribution is 4.78. The van der Waals surface area contributed by atoms with Gasteiger partial charge in [0.1, 0.15) is 0 Å². The van der Waals surface area contributed by atoms with Gasteiger partial charge in [-0.3, -0.25) is 0 Å². The first kappa shape index (κ1) is 15.3. The van der Waals surface area contributed by atoms with Crippen LogP contribution in [0.5, 0.6) is 0 Å². The lowest BCUT2D eigenvalue weighted by atomic mass is 9.95. The minimum absolute atomic E-state index is 0.436. The van der Waals surface area contributed by atoms with Gasteiger partial charge in [0.15, 0.2) is 0 Å². The second kappa shape index (κ2) is 8.23. The van der Waals surface area contributed by atoms with Crippen LogP contribution in [-0.4, -0.2) is 38.0 Å². The minimum atomic E-state index is 0.436. The number of rotatable bonds is 6. The summed E-state index contributed by atoms with van der Waals surface area (Å²) in [7, 11) is 0. The Balaban J connectivity index is 1.55. The maximum absolute atomic E-state index is 5.95. The fourth-order valence-corrected chi connectivity index (χ4v) is 3.20. The van der Waals surface area contributed by atoms with Gasteiger partial charge < -0.3 is 14.8 Å². The van der Waals surface area contributed by atoms with Gasteiger partial charge in [0.2, 0.25) is 0 Å². The molecule has 1 saturated carbocycles. The molecule has 2 unspecified atom stereocenters. The largest absolute Gasteiger partial charge is 0.378 e. The minimum Gasteiger partial charge on any atom is -0.378 e. The summed E-state index contributed by atoms with van der Waals surface area (Å²) in [6.07, 6.45) is 9.92. The van der Waals surface area contributed by atoms with Crippen molar-refractivity contribution in [3.8, 4) is 0 Å². The van der Waals surface area contributed by atoms with E-state index in [1.165, 1.54) is 32.1 Å². The topological polar surface area (TPSA) is 30.5 Å². The summed E-state index contributed by atoms with van der Waals surface area (Å²) in [5, 5.41) is 3.64. The molecular weight excluding hydrogens is 238 g/mol. The summed E-state index contributed by atoms with van der Waals surface area (Å²) in [6, 6.07) is 0.621. The van der Waals surface area contributed by atoms with E-state index in [1.54, 1.807) is 0 Å². The summed E-state index contributed by atoms with van der Waals surface area (Å²) in [6.45, 7) is 7.27. The summed E-state index contributed by atoms with van der Waals surface area (Å²) in [4.78, 5) is 0. The third-order valence-electron chi connectivity index (χ3n) is 4.50. The highest BCUT2D eigenvalue weighted by Crippen LogP contribution is 2.21. The second-order valence-corrected chi connectivity index (χ2v) is 6.46. The Morgan fingerprint density at radius 1 is 1.16 bits per heavy atom. The summed E-state index contributed by atoms with van der Waals surface area (Å²) < 4.78 is 11.8. The average Bonchev–Trinajstić information content (AvgIpc) is 2.45. The maximum atomic E-state index is 5.95. The van der Waals surface area contributed by atoms with Crippen LogP contribution in [0.15, 0.2) is 0 Å². The van der Waals surface area contributed by atoms with Crippen molar-refractivity contribution >= 4 is 0 Å². The van der Waals surface area contributed by atoms with Crippen LogP contribution in [0.4, 0.5) is 0 Å². The molecule has 0 radical (unpaired) electrons. The molecule has 0 aromatic rings. The molecule has 1 saturated heterocycles. The molecule has 0 amide bonds. The van der Waals surface area contributed by atoms with Crippen LogP contribution in [-0.2, 0) is 9.47 Å². The molecule has 3 nitrogen and oxygen atoms in total. The molecule has 2 rings (SSSR count). The molecule has 0 spiro atoms. The first-order chi connectivity index (χ1) is 9.25. The van der Waals surface area contributed by atoms with Crippen molar-refractivity contribution in [2.24, 2.45) is 5.92 Å². The molecule has 19 heavy (non-hydrogen) atoms. The predicted molar refractivity (Wildman–Crippen MR) is 78.4 cm³/mol. The maximum Gasteiger partial charge on any atom is 0.0612 e. The van der Waals surface area contributed by atoms with Gasteiger partial charge in [-0.15, -0.1) is 0 Å². The SMILES string of the molecule is CC(C)C1CC(NCCOC2CCCCC2)CCO1. The van der Waals surface area contributed by atoms with Crippen LogP contribution < -0.4 is 5.32 Å². The van der Waals surface area contributed by atoms with Crippen LogP contribution in [0.3, 0.4) is 0 Å². The quantitative estimate of drug-likeness (QED) is 0.752.